The minimum atomic E-state index is -0.878. The van der Waals surface area contributed by atoms with Crippen molar-refractivity contribution in [1.29, 1.82) is 0 Å². The summed E-state index contributed by atoms with van der Waals surface area (Å²) in [5.41, 5.74) is 2.19. The highest BCUT2D eigenvalue weighted by molar-refractivity contribution is 5.78. The van der Waals surface area contributed by atoms with Gasteiger partial charge in [-0.1, -0.05) is 67.6 Å². The summed E-state index contributed by atoms with van der Waals surface area (Å²) in [6, 6.07) is 20.0. The molecule has 0 unspecified atom stereocenters. The van der Waals surface area contributed by atoms with Crippen LogP contribution in [0.1, 0.15) is 43.2 Å². The first kappa shape index (κ1) is 18.7. The van der Waals surface area contributed by atoms with E-state index >= 15 is 0 Å². The molecule has 0 atom stereocenters. The fraction of sp³-hybridized carbons (Fsp3) is 0.333. The molecule has 0 saturated heterocycles. The number of rotatable bonds is 9. The Morgan fingerprint density at radius 3 is 1.88 bits per heavy atom. The second kappa shape index (κ2) is 9.62. The van der Waals surface area contributed by atoms with Gasteiger partial charge in [0.05, 0.1) is 6.42 Å². The lowest BCUT2D eigenvalue weighted by Crippen LogP contribution is -2.34. The Morgan fingerprint density at radius 1 is 0.920 bits per heavy atom. The number of aliphatic carboxylic acids is 1. The summed E-state index contributed by atoms with van der Waals surface area (Å²) in [7, 11) is 0. The van der Waals surface area contributed by atoms with E-state index in [0.717, 1.165) is 17.5 Å². The Balaban J connectivity index is 2.20. The van der Waals surface area contributed by atoms with Gasteiger partial charge in [-0.25, -0.2) is 0 Å². The van der Waals surface area contributed by atoms with Crippen LogP contribution in [0.5, 0.6) is 0 Å². The van der Waals surface area contributed by atoms with Crippen molar-refractivity contribution in [3.63, 3.8) is 0 Å². The second-order valence-corrected chi connectivity index (χ2v) is 6.10. The number of amides is 1. The molecule has 2 aromatic rings. The number of carboxylic acid groups (broad SMARTS) is 1. The zero-order valence-corrected chi connectivity index (χ0v) is 14.6. The molecule has 0 heterocycles. The molecule has 2 rings (SSSR count). The molecule has 0 aliphatic carbocycles. The number of carboxylic acids is 1. The smallest absolute Gasteiger partial charge is 0.305 e. The SMILES string of the molecule is CCCN(CCC(=O)O)C(=O)CC(c1ccccc1)c1ccccc1. The van der Waals surface area contributed by atoms with Gasteiger partial charge in [-0.2, -0.15) is 0 Å². The predicted molar refractivity (Wildman–Crippen MR) is 98.5 cm³/mol. The predicted octanol–water partition coefficient (Wildman–Crippen LogP) is 3.92. The van der Waals surface area contributed by atoms with Crippen LogP contribution < -0.4 is 0 Å². The zero-order valence-electron chi connectivity index (χ0n) is 14.6. The normalized spacial score (nSPS) is 10.6. The number of carbonyl (C=O) groups excluding carboxylic acids is 1. The molecule has 2 aromatic carbocycles. The van der Waals surface area contributed by atoms with Crippen LogP contribution >= 0.6 is 0 Å². The fourth-order valence-corrected chi connectivity index (χ4v) is 2.96. The van der Waals surface area contributed by atoms with Gasteiger partial charge in [0, 0.05) is 25.4 Å². The van der Waals surface area contributed by atoms with Crippen LogP contribution in [0.2, 0.25) is 0 Å². The average molecular weight is 339 g/mol. The molecular formula is C21H25NO3. The van der Waals surface area contributed by atoms with Crippen LogP contribution in [0, 0.1) is 0 Å². The Kier molecular flexibility index (Phi) is 7.20. The number of hydrogen-bond acceptors (Lipinski definition) is 2. The Hall–Kier alpha value is -2.62. The lowest BCUT2D eigenvalue weighted by atomic mass is 9.88. The quantitative estimate of drug-likeness (QED) is 0.753. The van der Waals surface area contributed by atoms with Crippen LogP contribution in [-0.2, 0) is 9.59 Å². The number of carbonyl (C=O) groups is 2. The molecule has 0 aliphatic heterocycles. The third kappa shape index (κ3) is 5.75. The summed E-state index contributed by atoms with van der Waals surface area (Å²) >= 11 is 0. The van der Waals surface area contributed by atoms with Crippen molar-refractivity contribution < 1.29 is 14.7 Å². The molecule has 25 heavy (non-hydrogen) atoms. The summed E-state index contributed by atoms with van der Waals surface area (Å²) in [5, 5.41) is 8.91. The third-order valence-corrected chi connectivity index (χ3v) is 4.22. The van der Waals surface area contributed by atoms with Gasteiger partial charge in [-0.05, 0) is 17.5 Å². The van der Waals surface area contributed by atoms with E-state index in [1.165, 1.54) is 0 Å². The molecule has 1 amide bonds. The van der Waals surface area contributed by atoms with E-state index in [2.05, 4.69) is 0 Å². The van der Waals surface area contributed by atoms with E-state index in [1.807, 2.05) is 67.6 Å². The van der Waals surface area contributed by atoms with Gasteiger partial charge in [0.1, 0.15) is 0 Å². The van der Waals surface area contributed by atoms with Crippen molar-refractivity contribution in [3.05, 3.63) is 71.8 Å². The lowest BCUT2D eigenvalue weighted by Gasteiger charge is -2.25. The van der Waals surface area contributed by atoms with E-state index in [-0.39, 0.29) is 24.8 Å². The first-order valence-corrected chi connectivity index (χ1v) is 8.71. The van der Waals surface area contributed by atoms with E-state index in [4.69, 9.17) is 5.11 Å². The minimum Gasteiger partial charge on any atom is -0.481 e. The first-order valence-electron chi connectivity index (χ1n) is 8.71. The van der Waals surface area contributed by atoms with E-state index in [9.17, 15) is 9.59 Å². The largest absolute Gasteiger partial charge is 0.481 e. The summed E-state index contributed by atoms with van der Waals surface area (Å²) in [5.74, 6) is -0.906. The topological polar surface area (TPSA) is 57.6 Å². The molecule has 0 saturated carbocycles. The van der Waals surface area contributed by atoms with E-state index in [0.29, 0.717) is 13.0 Å². The van der Waals surface area contributed by atoms with Crippen molar-refractivity contribution in [2.75, 3.05) is 13.1 Å². The lowest BCUT2D eigenvalue weighted by molar-refractivity contribution is -0.138. The second-order valence-electron chi connectivity index (χ2n) is 6.10. The molecular weight excluding hydrogens is 314 g/mol. The standard InChI is InChI=1S/C21H25NO3/c1-2-14-22(15-13-21(24)25)20(23)16-19(17-9-5-3-6-10-17)18-11-7-4-8-12-18/h3-12,19H,2,13-16H2,1H3,(H,24,25). The number of hydrogen-bond donors (Lipinski definition) is 1. The third-order valence-electron chi connectivity index (χ3n) is 4.22. The van der Waals surface area contributed by atoms with Crippen LogP contribution in [0.3, 0.4) is 0 Å². The summed E-state index contributed by atoms with van der Waals surface area (Å²) in [4.78, 5) is 25.4. The molecule has 0 bridgehead atoms. The van der Waals surface area contributed by atoms with Crippen LogP contribution in [-0.4, -0.2) is 35.0 Å². The van der Waals surface area contributed by atoms with Gasteiger partial charge in [-0.15, -0.1) is 0 Å². The summed E-state index contributed by atoms with van der Waals surface area (Å²) in [6.07, 6.45) is 1.13. The maximum atomic E-state index is 12.8. The molecule has 1 N–H and O–H groups in total. The molecule has 0 fully saturated rings. The highest BCUT2D eigenvalue weighted by Crippen LogP contribution is 2.28. The fourth-order valence-electron chi connectivity index (χ4n) is 2.96. The van der Waals surface area contributed by atoms with Gasteiger partial charge in [0.2, 0.25) is 5.91 Å². The highest BCUT2D eigenvalue weighted by Gasteiger charge is 2.22. The summed E-state index contributed by atoms with van der Waals surface area (Å²) < 4.78 is 0. The molecule has 0 spiro atoms. The van der Waals surface area contributed by atoms with E-state index < -0.39 is 5.97 Å². The first-order chi connectivity index (χ1) is 12.1. The van der Waals surface area contributed by atoms with Crippen LogP contribution in [0.4, 0.5) is 0 Å². The van der Waals surface area contributed by atoms with Gasteiger partial charge in [-0.3, -0.25) is 9.59 Å². The minimum absolute atomic E-state index is 0.000746. The van der Waals surface area contributed by atoms with Crippen molar-refractivity contribution in [1.82, 2.24) is 4.90 Å². The maximum Gasteiger partial charge on any atom is 0.305 e. The van der Waals surface area contributed by atoms with Crippen LogP contribution in [0.25, 0.3) is 0 Å². The Morgan fingerprint density at radius 2 is 1.44 bits per heavy atom. The van der Waals surface area contributed by atoms with E-state index in [1.54, 1.807) is 4.90 Å². The zero-order chi connectivity index (χ0) is 18.1. The molecule has 132 valence electrons. The van der Waals surface area contributed by atoms with Crippen molar-refractivity contribution in [2.45, 2.75) is 32.1 Å². The molecule has 0 aromatic heterocycles. The van der Waals surface area contributed by atoms with Crippen molar-refractivity contribution >= 4 is 11.9 Å². The van der Waals surface area contributed by atoms with Gasteiger partial charge in [0.15, 0.2) is 0 Å². The van der Waals surface area contributed by atoms with Crippen LogP contribution in [0.15, 0.2) is 60.7 Å². The summed E-state index contributed by atoms with van der Waals surface area (Å²) in [6.45, 7) is 2.84. The van der Waals surface area contributed by atoms with Gasteiger partial charge >= 0.3 is 5.97 Å². The monoisotopic (exact) mass is 339 g/mol. The van der Waals surface area contributed by atoms with Gasteiger partial charge < -0.3 is 10.0 Å². The number of benzene rings is 2. The Bertz CT molecular complexity index is 631. The highest BCUT2D eigenvalue weighted by atomic mass is 16.4. The number of nitrogens with zero attached hydrogens (tertiary/aromatic N) is 1. The molecule has 4 heteroatoms. The average Bonchev–Trinajstić information content (AvgIpc) is 2.64. The maximum absolute atomic E-state index is 12.8. The Labute approximate surface area is 149 Å². The van der Waals surface area contributed by atoms with Crippen molar-refractivity contribution in [2.24, 2.45) is 0 Å². The van der Waals surface area contributed by atoms with Gasteiger partial charge in [0.25, 0.3) is 0 Å². The molecule has 0 aliphatic rings. The molecule has 4 nitrogen and oxygen atoms in total. The van der Waals surface area contributed by atoms with Crippen molar-refractivity contribution in [3.8, 4) is 0 Å². The molecule has 0 radical (unpaired) electrons.